The Balaban J connectivity index is 2.15. The number of aromatic nitrogens is 2. The highest BCUT2D eigenvalue weighted by Crippen LogP contribution is 2.31. The van der Waals surface area contributed by atoms with Crippen LogP contribution in [0.25, 0.3) is 10.9 Å². The van der Waals surface area contributed by atoms with E-state index in [-0.39, 0.29) is 22.6 Å². The molecule has 10 heteroatoms. The van der Waals surface area contributed by atoms with E-state index in [9.17, 15) is 23.2 Å². The third-order valence-electron chi connectivity index (χ3n) is 3.98. The van der Waals surface area contributed by atoms with Gasteiger partial charge in [-0.2, -0.15) is 5.10 Å². The quantitative estimate of drug-likeness (QED) is 0.828. The Morgan fingerprint density at radius 3 is 2.71 bits per heavy atom. The summed E-state index contributed by atoms with van der Waals surface area (Å²) in [5, 5.41) is 23.5. The average molecular weight is 344 g/mol. The minimum Gasteiger partial charge on any atom is -0.423 e. The van der Waals surface area contributed by atoms with Gasteiger partial charge in [0.25, 0.3) is 0 Å². The number of hydrogen-bond acceptors (Lipinski definition) is 5. The molecule has 0 spiro atoms. The predicted molar refractivity (Wildman–Crippen MR) is 79.8 cm³/mol. The molecule has 1 aromatic heterocycles. The number of nitrogens with zero attached hydrogens (tertiary/aromatic N) is 2. The average Bonchev–Trinajstić information content (AvgIpc) is 2.90. The minimum absolute atomic E-state index is 0.125. The van der Waals surface area contributed by atoms with Crippen molar-refractivity contribution in [1.82, 2.24) is 9.78 Å². The number of fused-ring (bicyclic) bond motifs is 1. The van der Waals surface area contributed by atoms with Gasteiger partial charge in [0, 0.05) is 17.5 Å². The molecule has 1 saturated heterocycles. The molecule has 1 aromatic carbocycles. The molecule has 0 bridgehead atoms. The highest BCUT2D eigenvalue weighted by molar-refractivity contribution is 6.63. The number of benzene rings is 1. The molecular formula is C14H16BF3N2O4. The molecule has 2 N–H and O–H groups in total. The third-order valence-corrected chi connectivity index (χ3v) is 3.98. The summed E-state index contributed by atoms with van der Waals surface area (Å²) >= 11 is 0. The maximum atomic E-state index is 12.6. The molecule has 24 heavy (non-hydrogen) atoms. The molecule has 0 amide bonds. The van der Waals surface area contributed by atoms with Crippen LogP contribution in [0.2, 0.25) is 0 Å². The fourth-order valence-electron chi connectivity index (χ4n) is 2.98. The second-order valence-electron chi connectivity index (χ2n) is 5.70. The smallest absolute Gasteiger partial charge is 0.423 e. The molecule has 1 aliphatic heterocycles. The van der Waals surface area contributed by atoms with Crippen LogP contribution in [0, 0.1) is 6.92 Å². The van der Waals surface area contributed by atoms with Crippen LogP contribution in [0.4, 0.5) is 13.2 Å². The molecule has 2 aromatic rings. The lowest BCUT2D eigenvalue weighted by molar-refractivity contribution is -0.274. The summed E-state index contributed by atoms with van der Waals surface area (Å²) in [6.07, 6.45) is -1.34. The zero-order chi connectivity index (χ0) is 17.5. The second-order valence-corrected chi connectivity index (χ2v) is 5.70. The van der Waals surface area contributed by atoms with E-state index in [1.807, 2.05) is 0 Å². The monoisotopic (exact) mass is 344 g/mol. The third kappa shape index (κ3) is 3.21. The molecule has 0 aliphatic carbocycles. The van der Waals surface area contributed by atoms with Gasteiger partial charge in [0.1, 0.15) is 5.75 Å². The lowest BCUT2D eigenvalue weighted by atomic mass is 9.76. The van der Waals surface area contributed by atoms with Crippen molar-refractivity contribution in [3.63, 3.8) is 0 Å². The molecule has 3 rings (SSSR count). The van der Waals surface area contributed by atoms with Crippen LogP contribution in [-0.2, 0) is 4.74 Å². The van der Waals surface area contributed by atoms with Crippen LogP contribution in [0.5, 0.6) is 5.75 Å². The number of halogens is 3. The van der Waals surface area contributed by atoms with Crippen molar-refractivity contribution >= 4 is 23.5 Å². The zero-order valence-electron chi connectivity index (χ0n) is 12.9. The molecular weight excluding hydrogens is 328 g/mol. The summed E-state index contributed by atoms with van der Waals surface area (Å²) in [6.45, 7) is 1.99. The Hall–Kier alpha value is -1.78. The number of rotatable bonds is 3. The van der Waals surface area contributed by atoms with Crippen molar-refractivity contribution in [2.24, 2.45) is 0 Å². The van der Waals surface area contributed by atoms with Gasteiger partial charge in [-0.3, -0.25) is 0 Å². The molecule has 1 aliphatic rings. The van der Waals surface area contributed by atoms with Crippen molar-refractivity contribution in [2.75, 3.05) is 6.61 Å². The standard InChI is InChI=1S/C14H16BF3N2O4/c1-8-6-10-9(7-19-20(10)11-4-2-3-5-23-11)12(15(21)22)13(8)24-14(16,17)18/h6-7,11,21-22H,2-5H2,1H3. The summed E-state index contributed by atoms with van der Waals surface area (Å²) in [5.41, 5.74) is 0.238. The van der Waals surface area contributed by atoms with Crippen LogP contribution in [-0.4, -0.2) is 39.9 Å². The fourth-order valence-corrected chi connectivity index (χ4v) is 2.98. The van der Waals surface area contributed by atoms with E-state index in [1.165, 1.54) is 19.2 Å². The van der Waals surface area contributed by atoms with Gasteiger partial charge in [0.15, 0.2) is 6.23 Å². The number of aryl methyl sites for hydroxylation is 1. The Morgan fingerprint density at radius 2 is 2.12 bits per heavy atom. The molecule has 6 nitrogen and oxygen atoms in total. The van der Waals surface area contributed by atoms with Gasteiger partial charge in [0.05, 0.1) is 11.7 Å². The Kier molecular flexibility index (Phi) is 4.45. The topological polar surface area (TPSA) is 76.7 Å². The lowest BCUT2D eigenvalue weighted by Crippen LogP contribution is -2.35. The van der Waals surface area contributed by atoms with Gasteiger partial charge in [-0.25, -0.2) is 4.68 Å². The molecule has 1 fully saturated rings. The first-order valence-electron chi connectivity index (χ1n) is 7.52. The SMILES string of the molecule is Cc1cc2c(cnn2C2CCCCO2)c(B(O)O)c1OC(F)(F)F. The van der Waals surface area contributed by atoms with Crippen molar-refractivity contribution in [1.29, 1.82) is 0 Å². The van der Waals surface area contributed by atoms with Crippen molar-refractivity contribution < 1.29 is 32.7 Å². The molecule has 130 valence electrons. The number of hydrogen-bond donors (Lipinski definition) is 2. The molecule has 1 unspecified atom stereocenters. The highest BCUT2D eigenvalue weighted by Gasteiger charge is 2.36. The van der Waals surface area contributed by atoms with Crippen LogP contribution in [0.1, 0.15) is 31.1 Å². The van der Waals surface area contributed by atoms with Gasteiger partial charge in [0.2, 0.25) is 0 Å². The Bertz CT molecular complexity index is 742. The van der Waals surface area contributed by atoms with E-state index in [4.69, 9.17) is 4.74 Å². The molecule has 2 heterocycles. The van der Waals surface area contributed by atoms with E-state index < -0.39 is 19.2 Å². The second kappa shape index (κ2) is 6.27. The van der Waals surface area contributed by atoms with Crippen LogP contribution >= 0.6 is 0 Å². The van der Waals surface area contributed by atoms with Crippen LogP contribution < -0.4 is 10.2 Å². The maximum absolute atomic E-state index is 12.6. The Labute approximate surface area is 135 Å². The molecule has 0 saturated carbocycles. The minimum atomic E-state index is -4.94. The summed E-state index contributed by atoms with van der Waals surface area (Å²) in [7, 11) is -2.13. The van der Waals surface area contributed by atoms with E-state index in [2.05, 4.69) is 9.84 Å². The highest BCUT2D eigenvalue weighted by atomic mass is 19.4. The van der Waals surface area contributed by atoms with Gasteiger partial charge in [-0.05, 0) is 37.8 Å². The number of ether oxygens (including phenoxy) is 2. The largest absolute Gasteiger partial charge is 0.573 e. The van der Waals surface area contributed by atoms with Gasteiger partial charge in [-0.15, -0.1) is 13.2 Å². The van der Waals surface area contributed by atoms with Gasteiger partial charge >= 0.3 is 13.5 Å². The van der Waals surface area contributed by atoms with E-state index >= 15 is 0 Å². The van der Waals surface area contributed by atoms with Gasteiger partial charge in [-0.1, -0.05) is 0 Å². The van der Waals surface area contributed by atoms with Crippen LogP contribution in [0.3, 0.4) is 0 Å². The zero-order valence-corrected chi connectivity index (χ0v) is 12.9. The first kappa shape index (κ1) is 17.1. The van der Waals surface area contributed by atoms with E-state index in [0.29, 0.717) is 12.1 Å². The van der Waals surface area contributed by atoms with Crippen molar-refractivity contribution in [3.05, 3.63) is 17.8 Å². The van der Waals surface area contributed by atoms with Crippen LogP contribution in [0.15, 0.2) is 12.3 Å². The molecule has 1 atom stereocenters. The van der Waals surface area contributed by atoms with E-state index in [0.717, 1.165) is 19.3 Å². The first-order chi connectivity index (χ1) is 11.3. The lowest BCUT2D eigenvalue weighted by Gasteiger charge is -2.24. The summed E-state index contributed by atoms with van der Waals surface area (Å²) in [4.78, 5) is 0. The number of alkyl halides is 3. The van der Waals surface area contributed by atoms with E-state index in [1.54, 1.807) is 4.68 Å². The summed E-state index contributed by atoms with van der Waals surface area (Å²) in [6, 6.07) is 1.48. The fraction of sp³-hybridized carbons (Fsp3) is 0.500. The summed E-state index contributed by atoms with van der Waals surface area (Å²) in [5.74, 6) is -0.617. The normalized spacial score (nSPS) is 18.8. The predicted octanol–water partition coefficient (Wildman–Crippen LogP) is 1.62. The Morgan fingerprint density at radius 1 is 1.38 bits per heavy atom. The van der Waals surface area contributed by atoms with Gasteiger partial charge < -0.3 is 19.5 Å². The summed E-state index contributed by atoms with van der Waals surface area (Å²) < 4.78 is 49.1. The maximum Gasteiger partial charge on any atom is 0.573 e. The van der Waals surface area contributed by atoms with Crippen molar-refractivity contribution in [3.8, 4) is 5.75 Å². The first-order valence-corrected chi connectivity index (χ1v) is 7.52. The molecule has 0 radical (unpaired) electrons. The van der Waals surface area contributed by atoms with Crippen molar-refractivity contribution in [2.45, 2.75) is 38.8 Å².